The Morgan fingerprint density at radius 1 is 0.793 bits per heavy atom. The van der Waals surface area contributed by atoms with Gasteiger partial charge in [0, 0.05) is 11.3 Å². The first-order valence-electron chi connectivity index (χ1n) is 9.68. The molecule has 0 aliphatic rings. The van der Waals surface area contributed by atoms with Crippen molar-refractivity contribution in [3.63, 3.8) is 0 Å². The van der Waals surface area contributed by atoms with Crippen LogP contribution in [0.25, 0.3) is 10.8 Å². The predicted molar refractivity (Wildman–Crippen MR) is 119 cm³/mol. The maximum Gasteiger partial charge on any atom is 0.255 e. The van der Waals surface area contributed by atoms with Gasteiger partial charge in [-0.2, -0.15) is 0 Å². The van der Waals surface area contributed by atoms with Crippen LogP contribution >= 0.6 is 0 Å². The van der Waals surface area contributed by atoms with Gasteiger partial charge in [-0.1, -0.05) is 48.5 Å². The first-order chi connectivity index (χ1) is 14.1. The van der Waals surface area contributed by atoms with Gasteiger partial charge in [0.15, 0.2) is 0 Å². The van der Waals surface area contributed by atoms with Crippen LogP contribution in [-0.4, -0.2) is 5.91 Å². The molecule has 0 aliphatic carbocycles. The van der Waals surface area contributed by atoms with Crippen LogP contribution in [0.5, 0.6) is 5.75 Å². The number of carbonyl (C=O) groups is 1. The first-order valence-corrected chi connectivity index (χ1v) is 9.68. The third kappa shape index (κ3) is 4.46. The number of aryl methyl sites for hydroxylation is 2. The number of fused-ring (bicyclic) bond motifs is 1. The highest BCUT2D eigenvalue weighted by molar-refractivity contribution is 6.04. The summed E-state index contributed by atoms with van der Waals surface area (Å²) in [7, 11) is 0. The monoisotopic (exact) mass is 381 g/mol. The van der Waals surface area contributed by atoms with Crippen LogP contribution in [0.1, 0.15) is 27.0 Å². The number of hydrogen-bond acceptors (Lipinski definition) is 2. The van der Waals surface area contributed by atoms with Gasteiger partial charge >= 0.3 is 0 Å². The smallest absolute Gasteiger partial charge is 0.255 e. The summed E-state index contributed by atoms with van der Waals surface area (Å²) in [5.74, 6) is 0.689. The molecule has 4 aromatic carbocycles. The molecule has 144 valence electrons. The number of amides is 1. The van der Waals surface area contributed by atoms with Crippen LogP contribution in [-0.2, 0) is 6.61 Å². The topological polar surface area (TPSA) is 38.3 Å². The van der Waals surface area contributed by atoms with Crippen molar-refractivity contribution in [3.05, 3.63) is 107 Å². The van der Waals surface area contributed by atoms with Crippen LogP contribution in [0.15, 0.2) is 84.9 Å². The maximum absolute atomic E-state index is 12.6. The van der Waals surface area contributed by atoms with Crippen LogP contribution in [0, 0.1) is 13.8 Å². The van der Waals surface area contributed by atoms with E-state index in [2.05, 4.69) is 30.4 Å². The van der Waals surface area contributed by atoms with E-state index in [-0.39, 0.29) is 5.91 Å². The highest BCUT2D eigenvalue weighted by Crippen LogP contribution is 2.22. The second-order valence-corrected chi connectivity index (χ2v) is 7.25. The van der Waals surface area contributed by atoms with Crippen molar-refractivity contribution in [2.45, 2.75) is 20.5 Å². The zero-order chi connectivity index (χ0) is 20.2. The molecule has 0 saturated carbocycles. The Morgan fingerprint density at radius 3 is 2.45 bits per heavy atom. The summed E-state index contributed by atoms with van der Waals surface area (Å²) in [6, 6.07) is 27.7. The fourth-order valence-electron chi connectivity index (χ4n) is 3.25. The van der Waals surface area contributed by atoms with Gasteiger partial charge in [-0.15, -0.1) is 0 Å². The Hall–Kier alpha value is -3.59. The van der Waals surface area contributed by atoms with E-state index in [1.807, 2.05) is 73.7 Å². The lowest BCUT2D eigenvalue weighted by molar-refractivity contribution is 0.102. The molecule has 0 unspecified atom stereocenters. The summed E-state index contributed by atoms with van der Waals surface area (Å²) in [5, 5.41) is 5.30. The number of anilines is 1. The minimum Gasteiger partial charge on any atom is -0.489 e. The van der Waals surface area contributed by atoms with Crippen molar-refractivity contribution >= 4 is 22.4 Å². The van der Waals surface area contributed by atoms with Crippen molar-refractivity contribution in [1.82, 2.24) is 0 Å². The number of nitrogens with one attached hydrogen (secondary N) is 1. The van der Waals surface area contributed by atoms with Crippen molar-refractivity contribution in [1.29, 1.82) is 0 Å². The fraction of sp³-hybridized carbons (Fsp3) is 0.115. The molecule has 0 atom stereocenters. The van der Waals surface area contributed by atoms with Crippen LogP contribution in [0.4, 0.5) is 5.69 Å². The van der Waals surface area contributed by atoms with Gasteiger partial charge in [-0.05, 0) is 77.7 Å². The van der Waals surface area contributed by atoms with Gasteiger partial charge < -0.3 is 10.1 Å². The van der Waals surface area contributed by atoms with Gasteiger partial charge in [0.05, 0.1) is 0 Å². The maximum atomic E-state index is 12.6. The molecule has 29 heavy (non-hydrogen) atoms. The first kappa shape index (κ1) is 18.8. The molecular weight excluding hydrogens is 358 g/mol. The number of rotatable bonds is 5. The van der Waals surface area contributed by atoms with Crippen molar-refractivity contribution in [2.75, 3.05) is 5.32 Å². The van der Waals surface area contributed by atoms with Gasteiger partial charge in [0.2, 0.25) is 0 Å². The minimum atomic E-state index is -0.124. The summed E-state index contributed by atoms with van der Waals surface area (Å²) in [4.78, 5) is 12.6. The molecule has 4 rings (SSSR count). The van der Waals surface area contributed by atoms with E-state index in [1.54, 1.807) is 0 Å². The molecule has 0 spiro atoms. The molecule has 4 aromatic rings. The Bertz CT molecular complexity index is 1180. The lowest BCUT2D eigenvalue weighted by atomic mass is 10.1. The van der Waals surface area contributed by atoms with Crippen molar-refractivity contribution < 1.29 is 9.53 Å². The molecule has 3 nitrogen and oxygen atoms in total. The summed E-state index contributed by atoms with van der Waals surface area (Å²) in [6.07, 6.45) is 0. The Balaban J connectivity index is 1.44. The summed E-state index contributed by atoms with van der Waals surface area (Å²) < 4.78 is 5.95. The second kappa shape index (κ2) is 8.19. The normalized spacial score (nSPS) is 10.7. The minimum absolute atomic E-state index is 0.124. The predicted octanol–water partition coefficient (Wildman–Crippen LogP) is 6.29. The third-order valence-corrected chi connectivity index (χ3v) is 5.08. The molecule has 0 bridgehead atoms. The number of benzene rings is 4. The Kier molecular flexibility index (Phi) is 5.30. The summed E-state index contributed by atoms with van der Waals surface area (Å²) in [6.45, 7) is 4.50. The van der Waals surface area contributed by atoms with Crippen LogP contribution < -0.4 is 10.1 Å². The summed E-state index contributed by atoms with van der Waals surface area (Å²) >= 11 is 0. The molecule has 1 N–H and O–H groups in total. The van der Waals surface area contributed by atoms with E-state index in [0.717, 1.165) is 28.0 Å². The quantitative estimate of drug-likeness (QED) is 0.441. The number of ether oxygens (including phenoxy) is 1. The Morgan fingerprint density at radius 2 is 1.62 bits per heavy atom. The lowest BCUT2D eigenvalue weighted by Crippen LogP contribution is -2.12. The second-order valence-electron chi connectivity index (χ2n) is 7.25. The van der Waals surface area contributed by atoms with E-state index < -0.39 is 0 Å². The lowest BCUT2D eigenvalue weighted by Gasteiger charge is -2.10. The third-order valence-electron chi connectivity index (χ3n) is 5.08. The van der Waals surface area contributed by atoms with Gasteiger partial charge in [0.25, 0.3) is 5.91 Å². The van der Waals surface area contributed by atoms with E-state index in [0.29, 0.717) is 12.2 Å². The zero-order valence-electron chi connectivity index (χ0n) is 16.6. The average molecular weight is 381 g/mol. The molecule has 1 amide bonds. The molecule has 0 saturated heterocycles. The van der Waals surface area contributed by atoms with Crippen molar-refractivity contribution in [3.8, 4) is 5.75 Å². The number of hydrogen-bond donors (Lipinski definition) is 1. The summed E-state index contributed by atoms with van der Waals surface area (Å²) in [5.41, 5.74) is 4.72. The van der Waals surface area contributed by atoms with E-state index in [9.17, 15) is 4.79 Å². The van der Waals surface area contributed by atoms with Crippen LogP contribution in [0.2, 0.25) is 0 Å². The van der Waals surface area contributed by atoms with Gasteiger partial charge in [0.1, 0.15) is 12.4 Å². The highest BCUT2D eigenvalue weighted by Gasteiger charge is 2.08. The van der Waals surface area contributed by atoms with Crippen LogP contribution in [0.3, 0.4) is 0 Å². The molecule has 0 heterocycles. The molecular formula is C26H23NO2. The molecule has 0 aromatic heterocycles. The highest BCUT2D eigenvalue weighted by atomic mass is 16.5. The SMILES string of the molecule is Cc1ccc(NC(=O)c2cccc(COc3ccc4ccccc4c3)c2)cc1C. The van der Waals surface area contributed by atoms with Gasteiger partial charge in [-0.25, -0.2) is 0 Å². The largest absolute Gasteiger partial charge is 0.489 e. The molecule has 0 fully saturated rings. The van der Waals surface area contributed by atoms with Crippen molar-refractivity contribution in [2.24, 2.45) is 0 Å². The Labute approximate surface area is 171 Å². The molecule has 0 radical (unpaired) electrons. The average Bonchev–Trinajstić information content (AvgIpc) is 2.75. The van der Waals surface area contributed by atoms with E-state index in [4.69, 9.17) is 4.74 Å². The van der Waals surface area contributed by atoms with E-state index in [1.165, 1.54) is 10.9 Å². The van der Waals surface area contributed by atoms with Gasteiger partial charge in [-0.3, -0.25) is 4.79 Å². The zero-order valence-corrected chi connectivity index (χ0v) is 16.6. The van der Waals surface area contributed by atoms with E-state index >= 15 is 0 Å². The fourth-order valence-corrected chi connectivity index (χ4v) is 3.25. The molecule has 0 aliphatic heterocycles. The standard InChI is InChI=1S/C26H23NO2/c1-18-10-12-24(14-19(18)2)27-26(28)23-9-5-6-20(15-23)17-29-25-13-11-21-7-3-4-8-22(21)16-25/h3-16H,17H2,1-2H3,(H,27,28). The number of carbonyl (C=O) groups excluding carboxylic acids is 1. The molecule has 3 heteroatoms.